The van der Waals surface area contributed by atoms with Crippen LogP contribution in [-0.4, -0.2) is 17.3 Å². The van der Waals surface area contributed by atoms with E-state index >= 15 is 0 Å². The second kappa shape index (κ2) is 2.38. The summed E-state index contributed by atoms with van der Waals surface area (Å²) in [6.45, 7) is 4.16. The molecule has 2 nitrogen and oxygen atoms in total. The van der Waals surface area contributed by atoms with Gasteiger partial charge in [0, 0.05) is 5.41 Å². The van der Waals surface area contributed by atoms with Gasteiger partial charge in [-0.1, -0.05) is 38.1 Å². The zero-order valence-corrected chi connectivity index (χ0v) is 8.40. The van der Waals surface area contributed by atoms with Gasteiger partial charge in [-0.15, -0.1) is 0 Å². The molecule has 0 saturated carbocycles. The number of fused-ring (bicyclic) bond motifs is 3. The Hall–Kier alpha value is -0.860. The predicted octanol–water partition coefficient (Wildman–Crippen LogP) is 1.78. The van der Waals surface area contributed by atoms with Crippen molar-refractivity contribution in [3.05, 3.63) is 35.4 Å². The Bertz CT molecular complexity index is 384. The fourth-order valence-electron chi connectivity index (χ4n) is 2.52. The van der Waals surface area contributed by atoms with Crippen molar-refractivity contribution in [3.63, 3.8) is 0 Å². The second-order valence-electron chi connectivity index (χ2n) is 4.78. The third-order valence-corrected chi connectivity index (χ3v) is 3.54. The minimum absolute atomic E-state index is 0.0277. The molecular formula is C12H14O2. The van der Waals surface area contributed by atoms with Crippen molar-refractivity contribution in [2.75, 3.05) is 0 Å². The van der Waals surface area contributed by atoms with E-state index < -0.39 is 0 Å². The van der Waals surface area contributed by atoms with E-state index in [4.69, 9.17) is 4.74 Å². The number of rotatable bonds is 0. The van der Waals surface area contributed by atoms with Gasteiger partial charge in [0.15, 0.2) is 0 Å². The quantitative estimate of drug-likeness (QED) is 0.632. The molecule has 14 heavy (non-hydrogen) atoms. The highest BCUT2D eigenvalue weighted by molar-refractivity contribution is 5.43. The lowest BCUT2D eigenvalue weighted by atomic mass is 9.71. The van der Waals surface area contributed by atoms with E-state index in [9.17, 15) is 5.11 Å². The molecule has 1 aliphatic carbocycles. The van der Waals surface area contributed by atoms with Gasteiger partial charge in [0.1, 0.15) is 12.2 Å². The average molecular weight is 190 g/mol. The lowest BCUT2D eigenvalue weighted by Gasteiger charge is -2.34. The summed E-state index contributed by atoms with van der Waals surface area (Å²) in [5.41, 5.74) is 2.30. The zero-order chi connectivity index (χ0) is 9.92. The molecule has 0 amide bonds. The molecule has 0 bridgehead atoms. The van der Waals surface area contributed by atoms with Crippen LogP contribution in [0.1, 0.15) is 31.1 Å². The Morgan fingerprint density at radius 1 is 1.29 bits per heavy atom. The lowest BCUT2D eigenvalue weighted by Crippen LogP contribution is -2.41. The zero-order valence-electron chi connectivity index (χ0n) is 8.40. The van der Waals surface area contributed by atoms with E-state index in [1.807, 2.05) is 12.1 Å². The number of hydrogen-bond donors (Lipinski definition) is 1. The van der Waals surface area contributed by atoms with Crippen LogP contribution in [0, 0.1) is 0 Å². The third kappa shape index (κ3) is 0.877. The summed E-state index contributed by atoms with van der Waals surface area (Å²) in [6.07, 6.45) is -0.198. The number of aliphatic hydroxyl groups excluding tert-OH is 1. The van der Waals surface area contributed by atoms with Gasteiger partial charge in [-0.3, -0.25) is 0 Å². The van der Waals surface area contributed by atoms with E-state index in [2.05, 4.69) is 26.0 Å². The molecule has 1 N–H and O–H groups in total. The van der Waals surface area contributed by atoms with Crippen LogP contribution in [0.5, 0.6) is 0 Å². The minimum atomic E-state index is -0.373. The maximum Gasteiger partial charge on any atom is 0.115 e. The largest absolute Gasteiger partial charge is 0.389 e. The fourth-order valence-corrected chi connectivity index (χ4v) is 2.52. The molecule has 3 rings (SSSR count). The Balaban J connectivity index is 2.21. The van der Waals surface area contributed by atoms with Crippen LogP contribution in [0.15, 0.2) is 24.3 Å². The molecule has 1 aromatic rings. The molecule has 0 unspecified atom stereocenters. The standard InChI is InChI=1S/C12H14O2/c1-12(2)8-6-4-3-5-7(8)9-10(14-9)11(12)13/h3-6,9-11,13H,1-2H3/t9-,10-,11+/m0/s1. The van der Waals surface area contributed by atoms with E-state index in [0.717, 1.165) is 0 Å². The first-order valence-electron chi connectivity index (χ1n) is 5.05. The molecule has 0 aromatic heterocycles. The van der Waals surface area contributed by atoms with Crippen LogP contribution < -0.4 is 0 Å². The Morgan fingerprint density at radius 3 is 2.79 bits per heavy atom. The summed E-state index contributed by atoms with van der Waals surface area (Å²) >= 11 is 0. The molecule has 2 aliphatic rings. The Morgan fingerprint density at radius 2 is 2.00 bits per heavy atom. The van der Waals surface area contributed by atoms with Gasteiger partial charge in [-0.2, -0.15) is 0 Å². The van der Waals surface area contributed by atoms with Crippen LogP contribution in [0.4, 0.5) is 0 Å². The maximum absolute atomic E-state index is 10.1. The molecule has 0 radical (unpaired) electrons. The van der Waals surface area contributed by atoms with Crippen LogP contribution >= 0.6 is 0 Å². The van der Waals surface area contributed by atoms with Crippen LogP contribution in [-0.2, 0) is 10.2 Å². The van der Waals surface area contributed by atoms with Crippen LogP contribution in [0.3, 0.4) is 0 Å². The molecule has 3 atom stereocenters. The highest BCUT2D eigenvalue weighted by Gasteiger charge is 2.56. The van der Waals surface area contributed by atoms with Crippen LogP contribution in [0.25, 0.3) is 0 Å². The summed E-state index contributed by atoms with van der Waals surface area (Å²) in [7, 11) is 0. The Labute approximate surface area is 83.5 Å². The van der Waals surface area contributed by atoms with Crippen LogP contribution in [0.2, 0.25) is 0 Å². The molecule has 1 aliphatic heterocycles. The maximum atomic E-state index is 10.1. The molecule has 1 heterocycles. The Kier molecular flexibility index (Phi) is 1.44. The topological polar surface area (TPSA) is 32.8 Å². The average Bonchev–Trinajstić information content (AvgIpc) is 2.95. The highest BCUT2D eigenvalue weighted by atomic mass is 16.6. The van der Waals surface area contributed by atoms with Crippen molar-refractivity contribution >= 4 is 0 Å². The lowest BCUT2D eigenvalue weighted by molar-refractivity contribution is 0.0693. The summed E-state index contributed by atoms with van der Waals surface area (Å²) < 4.78 is 5.50. The normalized spacial score (nSPS) is 37.2. The van der Waals surface area contributed by atoms with Crippen molar-refractivity contribution in [2.45, 2.75) is 37.6 Å². The number of epoxide rings is 1. The first-order valence-corrected chi connectivity index (χ1v) is 5.05. The molecule has 0 spiro atoms. The third-order valence-electron chi connectivity index (χ3n) is 3.54. The van der Waals surface area contributed by atoms with Gasteiger partial charge in [-0.05, 0) is 11.1 Å². The number of hydrogen-bond acceptors (Lipinski definition) is 2. The molecule has 1 aromatic carbocycles. The van der Waals surface area contributed by atoms with Gasteiger partial charge < -0.3 is 9.84 Å². The second-order valence-corrected chi connectivity index (χ2v) is 4.78. The molecule has 2 heteroatoms. The van der Waals surface area contributed by atoms with Gasteiger partial charge in [-0.25, -0.2) is 0 Å². The molecule has 74 valence electrons. The van der Waals surface area contributed by atoms with Crippen molar-refractivity contribution in [1.82, 2.24) is 0 Å². The number of benzene rings is 1. The first kappa shape index (κ1) is 8.45. The van der Waals surface area contributed by atoms with E-state index in [0.29, 0.717) is 0 Å². The van der Waals surface area contributed by atoms with E-state index in [1.54, 1.807) is 0 Å². The van der Waals surface area contributed by atoms with Crippen molar-refractivity contribution in [3.8, 4) is 0 Å². The number of aliphatic hydroxyl groups is 1. The van der Waals surface area contributed by atoms with E-state index in [-0.39, 0.29) is 23.7 Å². The van der Waals surface area contributed by atoms with Gasteiger partial charge in [0.05, 0.1) is 6.10 Å². The van der Waals surface area contributed by atoms with Gasteiger partial charge in [0.25, 0.3) is 0 Å². The summed E-state index contributed by atoms with van der Waals surface area (Å²) in [4.78, 5) is 0. The number of ether oxygens (including phenoxy) is 1. The summed E-state index contributed by atoms with van der Waals surface area (Å²) in [6, 6.07) is 8.26. The SMILES string of the molecule is CC1(C)c2ccccc2[C@@H]2O[C@@H]2[C@H]1O. The minimum Gasteiger partial charge on any atom is -0.389 e. The van der Waals surface area contributed by atoms with Gasteiger partial charge in [0.2, 0.25) is 0 Å². The van der Waals surface area contributed by atoms with Crippen molar-refractivity contribution in [2.24, 2.45) is 0 Å². The molecular weight excluding hydrogens is 176 g/mol. The van der Waals surface area contributed by atoms with Crippen molar-refractivity contribution < 1.29 is 9.84 Å². The fraction of sp³-hybridized carbons (Fsp3) is 0.500. The predicted molar refractivity (Wildman–Crippen MR) is 53.1 cm³/mol. The van der Waals surface area contributed by atoms with Gasteiger partial charge >= 0.3 is 0 Å². The first-order chi connectivity index (χ1) is 6.62. The smallest absolute Gasteiger partial charge is 0.115 e. The summed E-state index contributed by atoms with van der Waals surface area (Å²) in [5, 5.41) is 10.1. The molecule has 1 fully saturated rings. The highest BCUT2D eigenvalue weighted by Crippen LogP contribution is 2.53. The van der Waals surface area contributed by atoms with Crippen molar-refractivity contribution in [1.29, 1.82) is 0 Å². The molecule has 1 saturated heterocycles. The monoisotopic (exact) mass is 190 g/mol. The van der Waals surface area contributed by atoms with E-state index in [1.165, 1.54) is 11.1 Å². The summed E-state index contributed by atoms with van der Waals surface area (Å²) in [5.74, 6) is 0.